The average Bonchev–Trinajstić information content (AvgIpc) is 2.51. The van der Waals surface area contributed by atoms with Crippen LogP contribution in [0.3, 0.4) is 0 Å². The Hall–Kier alpha value is -1.16. The number of nitrogens with zero attached hydrogens (tertiary/aromatic N) is 1. The lowest BCUT2D eigenvalue weighted by molar-refractivity contribution is -0.115. The molecule has 5 heteroatoms. The molecule has 2 nitrogen and oxygen atoms in total. The zero-order chi connectivity index (χ0) is 15.2. The number of hydrogen-bond acceptors (Lipinski definition) is 2. The molecule has 0 fully saturated rings. The van der Waals surface area contributed by atoms with Crippen molar-refractivity contribution in [1.29, 1.82) is 0 Å². The Morgan fingerprint density at radius 3 is 2.48 bits per heavy atom. The predicted molar refractivity (Wildman–Crippen MR) is 92.5 cm³/mol. The molecule has 0 bridgehead atoms. The monoisotopic (exact) mass is 339 g/mol. The Kier molecular flexibility index (Phi) is 5.97. The summed E-state index contributed by atoms with van der Waals surface area (Å²) >= 11 is 13.4. The van der Waals surface area contributed by atoms with Gasteiger partial charge in [0.15, 0.2) is 0 Å². The van der Waals surface area contributed by atoms with Crippen LogP contribution >= 0.6 is 35.0 Å². The van der Waals surface area contributed by atoms with Gasteiger partial charge in [0, 0.05) is 18.5 Å². The Labute approximate surface area is 139 Å². The van der Waals surface area contributed by atoms with Crippen molar-refractivity contribution >= 4 is 46.6 Å². The smallest absolute Gasteiger partial charge is 0.236 e. The second-order valence-electron chi connectivity index (χ2n) is 4.53. The summed E-state index contributed by atoms with van der Waals surface area (Å²) in [4.78, 5) is 13.8. The highest BCUT2D eigenvalue weighted by atomic mass is 35.5. The minimum absolute atomic E-state index is 0.0752. The van der Waals surface area contributed by atoms with Gasteiger partial charge in [0.1, 0.15) is 0 Å². The molecule has 2 aromatic carbocycles. The van der Waals surface area contributed by atoms with Crippen molar-refractivity contribution < 1.29 is 4.79 Å². The molecule has 0 radical (unpaired) electrons. The number of rotatable bonds is 5. The SMILES string of the molecule is CN(C(=O)CSCc1ccc(Cl)c(Cl)c1)c1ccccc1. The minimum atomic E-state index is 0.0752. The van der Waals surface area contributed by atoms with Crippen LogP contribution in [0.2, 0.25) is 10.0 Å². The number of halogens is 2. The number of hydrogen-bond donors (Lipinski definition) is 0. The zero-order valence-corrected chi connectivity index (χ0v) is 13.9. The second-order valence-corrected chi connectivity index (χ2v) is 6.33. The highest BCUT2D eigenvalue weighted by Gasteiger charge is 2.10. The van der Waals surface area contributed by atoms with Crippen LogP contribution in [0.1, 0.15) is 5.56 Å². The van der Waals surface area contributed by atoms with Crippen LogP contribution in [0.15, 0.2) is 48.5 Å². The van der Waals surface area contributed by atoms with E-state index in [2.05, 4.69) is 0 Å². The summed E-state index contributed by atoms with van der Waals surface area (Å²) in [6.07, 6.45) is 0. The highest BCUT2D eigenvalue weighted by molar-refractivity contribution is 7.99. The molecule has 2 rings (SSSR count). The van der Waals surface area contributed by atoms with E-state index in [1.54, 1.807) is 29.8 Å². The van der Waals surface area contributed by atoms with Gasteiger partial charge in [-0.2, -0.15) is 0 Å². The van der Waals surface area contributed by atoms with Crippen LogP contribution in [0.5, 0.6) is 0 Å². The van der Waals surface area contributed by atoms with Gasteiger partial charge in [-0.05, 0) is 29.8 Å². The summed E-state index contributed by atoms with van der Waals surface area (Å²) in [5, 5.41) is 1.09. The van der Waals surface area contributed by atoms with Crippen LogP contribution < -0.4 is 4.90 Å². The van der Waals surface area contributed by atoms with Crippen LogP contribution in [0.25, 0.3) is 0 Å². The molecule has 0 aromatic heterocycles. The predicted octanol–water partition coefficient (Wildman–Crippen LogP) is 4.89. The fourth-order valence-electron chi connectivity index (χ4n) is 1.78. The summed E-state index contributed by atoms with van der Waals surface area (Å²) in [6.45, 7) is 0. The average molecular weight is 340 g/mol. The second kappa shape index (κ2) is 7.74. The standard InChI is InChI=1S/C16H15Cl2NOS/c1-19(13-5-3-2-4-6-13)16(20)11-21-10-12-7-8-14(17)15(18)9-12/h2-9H,10-11H2,1H3. The summed E-state index contributed by atoms with van der Waals surface area (Å²) in [5.74, 6) is 1.22. The Bertz CT molecular complexity index is 619. The van der Waals surface area contributed by atoms with E-state index in [0.717, 1.165) is 17.0 Å². The van der Waals surface area contributed by atoms with Crippen LogP contribution in [-0.4, -0.2) is 18.7 Å². The normalized spacial score (nSPS) is 10.4. The Morgan fingerprint density at radius 1 is 1.10 bits per heavy atom. The van der Waals surface area contributed by atoms with E-state index >= 15 is 0 Å². The third-order valence-corrected chi connectivity index (χ3v) is 4.72. The molecule has 0 saturated carbocycles. The van der Waals surface area contributed by atoms with E-state index in [1.165, 1.54) is 0 Å². The van der Waals surface area contributed by atoms with Gasteiger partial charge in [-0.1, -0.05) is 47.5 Å². The summed E-state index contributed by atoms with van der Waals surface area (Å²) in [6, 6.07) is 15.1. The fraction of sp³-hybridized carbons (Fsp3) is 0.188. The molecule has 0 N–H and O–H groups in total. The van der Waals surface area contributed by atoms with Crippen molar-refractivity contribution in [3.8, 4) is 0 Å². The Morgan fingerprint density at radius 2 is 1.81 bits per heavy atom. The van der Waals surface area contributed by atoms with Gasteiger partial charge in [-0.25, -0.2) is 0 Å². The van der Waals surface area contributed by atoms with E-state index in [-0.39, 0.29) is 5.91 Å². The van der Waals surface area contributed by atoms with Crippen molar-refractivity contribution in [2.45, 2.75) is 5.75 Å². The maximum Gasteiger partial charge on any atom is 0.236 e. The summed E-state index contributed by atoms with van der Waals surface area (Å²) < 4.78 is 0. The van der Waals surface area contributed by atoms with Crippen molar-refractivity contribution in [2.75, 3.05) is 17.7 Å². The molecule has 1 amide bonds. The van der Waals surface area contributed by atoms with E-state index in [9.17, 15) is 4.79 Å². The van der Waals surface area contributed by atoms with Gasteiger partial charge < -0.3 is 4.90 Å². The van der Waals surface area contributed by atoms with Gasteiger partial charge in [0.25, 0.3) is 0 Å². The van der Waals surface area contributed by atoms with Crippen molar-refractivity contribution in [1.82, 2.24) is 0 Å². The minimum Gasteiger partial charge on any atom is -0.315 e. The summed E-state index contributed by atoms with van der Waals surface area (Å²) in [5.41, 5.74) is 1.96. The number of amides is 1. The maximum absolute atomic E-state index is 12.1. The van der Waals surface area contributed by atoms with Gasteiger partial charge >= 0.3 is 0 Å². The van der Waals surface area contributed by atoms with Crippen LogP contribution in [-0.2, 0) is 10.5 Å². The van der Waals surface area contributed by atoms with Gasteiger partial charge in [0.2, 0.25) is 5.91 Å². The molecule has 0 aliphatic heterocycles. The fourth-order valence-corrected chi connectivity index (χ4v) is 2.98. The van der Waals surface area contributed by atoms with Crippen molar-refractivity contribution in [2.24, 2.45) is 0 Å². The summed E-state index contributed by atoms with van der Waals surface area (Å²) in [7, 11) is 1.79. The molecule has 0 aliphatic carbocycles. The number of benzene rings is 2. The molecule has 0 aliphatic rings. The molecule has 110 valence electrons. The van der Waals surface area contributed by atoms with Gasteiger partial charge in [-0.3, -0.25) is 4.79 Å². The molecule has 0 heterocycles. The first-order valence-corrected chi connectivity index (χ1v) is 8.32. The number of anilines is 1. The molecular weight excluding hydrogens is 325 g/mol. The first-order chi connectivity index (χ1) is 10.1. The largest absolute Gasteiger partial charge is 0.315 e. The lowest BCUT2D eigenvalue weighted by Crippen LogP contribution is -2.27. The third-order valence-electron chi connectivity index (χ3n) is 3.00. The van der Waals surface area contributed by atoms with Crippen LogP contribution in [0, 0.1) is 0 Å². The van der Waals surface area contributed by atoms with Crippen molar-refractivity contribution in [3.05, 3.63) is 64.1 Å². The molecule has 0 atom stereocenters. The first kappa shape index (κ1) is 16.2. The molecule has 0 spiro atoms. The molecule has 0 unspecified atom stereocenters. The van der Waals surface area contributed by atoms with E-state index in [4.69, 9.17) is 23.2 Å². The maximum atomic E-state index is 12.1. The molecule has 2 aromatic rings. The number of carbonyl (C=O) groups excluding carboxylic acids is 1. The first-order valence-electron chi connectivity index (χ1n) is 6.41. The molecule has 21 heavy (non-hydrogen) atoms. The van der Waals surface area contributed by atoms with E-state index < -0.39 is 0 Å². The van der Waals surface area contributed by atoms with E-state index in [0.29, 0.717) is 15.8 Å². The van der Waals surface area contributed by atoms with E-state index in [1.807, 2.05) is 42.5 Å². The number of thioether (sulfide) groups is 1. The number of carbonyl (C=O) groups is 1. The number of para-hydroxylation sites is 1. The van der Waals surface area contributed by atoms with Crippen molar-refractivity contribution in [3.63, 3.8) is 0 Å². The zero-order valence-electron chi connectivity index (χ0n) is 11.6. The van der Waals surface area contributed by atoms with Crippen LogP contribution in [0.4, 0.5) is 5.69 Å². The molecule has 0 saturated heterocycles. The lowest BCUT2D eigenvalue weighted by atomic mass is 10.2. The lowest BCUT2D eigenvalue weighted by Gasteiger charge is -2.17. The third kappa shape index (κ3) is 4.67. The quantitative estimate of drug-likeness (QED) is 0.772. The van der Waals surface area contributed by atoms with Gasteiger partial charge in [-0.15, -0.1) is 11.8 Å². The Balaban J connectivity index is 1.85. The topological polar surface area (TPSA) is 20.3 Å². The molecular formula is C16H15Cl2NOS. The highest BCUT2D eigenvalue weighted by Crippen LogP contribution is 2.25. The van der Waals surface area contributed by atoms with Gasteiger partial charge in [0.05, 0.1) is 15.8 Å².